The number of hydrogen-bond acceptors (Lipinski definition) is 6. The first-order valence-corrected chi connectivity index (χ1v) is 9.67. The number of fused-ring (bicyclic) bond motifs is 1. The number of amides is 4. The SMILES string of the molecule is O=C(O)CC1CCCN(c2ccc3c(c2)C(=O)N(C2CCC(=O)NC2=O)C3=O)C1. The standard InChI is InChI=1S/C20H21N3O6/c24-16-6-5-15(18(27)21-16)23-19(28)13-4-3-12(9-14(13)20(23)29)22-7-1-2-11(10-22)8-17(25)26/h3-4,9,11,15H,1-2,5-8,10H2,(H,25,26)(H,21,24,27). The topological polar surface area (TPSA) is 124 Å². The normalized spacial score (nSPS) is 24.6. The van der Waals surface area contributed by atoms with E-state index in [-0.39, 0.29) is 36.3 Å². The summed E-state index contributed by atoms with van der Waals surface area (Å²) in [6.45, 7) is 1.32. The molecule has 3 aliphatic rings. The summed E-state index contributed by atoms with van der Waals surface area (Å²) in [4.78, 5) is 63.2. The molecule has 2 atom stereocenters. The van der Waals surface area contributed by atoms with Gasteiger partial charge in [0.15, 0.2) is 0 Å². The molecule has 2 unspecified atom stereocenters. The van der Waals surface area contributed by atoms with Crippen LogP contribution in [0.3, 0.4) is 0 Å². The van der Waals surface area contributed by atoms with Gasteiger partial charge >= 0.3 is 5.97 Å². The molecule has 9 nitrogen and oxygen atoms in total. The molecule has 0 aromatic heterocycles. The predicted molar refractivity (Wildman–Crippen MR) is 100 cm³/mol. The van der Waals surface area contributed by atoms with Crippen LogP contribution >= 0.6 is 0 Å². The van der Waals surface area contributed by atoms with E-state index in [9.17, 15) is 24.0 Å². The summed E-state index contributed by atoms with van der Waals surface area (Å²) in [5.41, 5.74) is 1.23. The fraction of sp³-hybridized carbons (Fsp3) is 0.450. The highest BCUT2D eigenvalue weighted by Gasteiger charge is 2.44. The van der Waals surface area contributed by atoms with Gasteiger partial charge in [-0.05, 0) is 43.4 Å². The third kappa shape index (κ3) is 3.48. The summed E-state index contributed by atoms with van der Waals surface area (Å²) >= 11 is 0. The van der Waals surface area contributed by atoms with Gasteiger partial charge in [-0.2, -0.15) is 0 Å². The van der Waals surface area contributed by atoms with Crippen molar-refractivity contribution in [3.8, 4) is 0 Å². The summed E-state index contributed by atoms with van der Waals surface area (Å²) < 4.78 is 0. The predicted octanol–water partition coefficient (Wildman–Crippen LogP) is 0.779. The lowest BCUT2D eigenvalue weighted by Gasteiger charge is -2.34. The number of aliphatic carboxylic acids is 1. The molecule has 1 aromatic carbocycles. The third-order valence-electron chi connectivity index (χ3n) is 5.77. The Morgan fingerprint density at radius 2 is 1.86 bits per heavy atom. The minimum absolute atomic E-state index is 0.0341. The van der Waals surface area contributed by atoms with Crippen LogP contribution in [-0.2, 0) is 14.4 Å². The number of benzene rings is 1. The number of piperidine rings is 2. The van der Waals surface area contributed by atoms with Crippen LogP contribution in [0.2, 0.25) is 0 Å². The van der Waals surface area contributed by atoms with Crippen LogP contribution in [0.25, 0.3) is 0 Å². The van der Waals surface area contributed by atoms with Crippen molar-refractivity contribution < 1.29 is 29.1 Å². The van der Waals surface area contributed by atoms with Crippen molar-refractivity contribution in [2.45, 2.75) is 38.1 Å². The molecule has 0 aliphatic carbocycles. The van der Waals surface area contributed by atoms with Crippen molar-refractivity contribution in [2.75, 3.05) is 18.0 Å². The molecule has 2 fully saturated rings. The molecule has 0 spiro atoms. The van der Waals surface area contributed by atoms with Gasteiger partial charge < -0.3 is 10.0 Å². The maximum atomic E-state index is 12.9. The van der Waals surface area contributed by atoms with Crippen LogP contribution in [-0.4, -0.2) is 58.7 Å². The van der Waals surface area contributed by atoms with E-state index in [1.165, 1.54) is 0 Å². The molecule has 3 aliphatic heterocycles. The molecular weight excluding hydrogens is 378 g/mol. The molecule has 3 heterocycles. The third-order valence-corrected chi connectivity index (χ3v) is 5.77. The van der Waals surface area contributed by atoms with Crippen molar-refractivity contribution in [2.24, 2.45) is 5.92 Å². The van der Waals surface area contributed by atoms with Gasteiger partial charge in [0.2, 0.25) is 11.8 Å². The minimum Gasteiger partial charge on any atom is -0.481 e. The second kappa shape index (κ2) is 7.31. The highest BCUT2D eigenvalue weighted by molar-refractivity contribution is 6.23. The molecule has 0 bridgehead atoms. The first-order valence-electron chi connectivity index (χ1n) is 9.67. The lowest BCUT2D eigenvalue weighted by molar-refractivity contribution is -0.138. The Kier molecular flexibility index (Phi) is 4.81. The largest absolute Gasteiger partial charge is 0.481 e. The van der Waals surface area contributed by atoms with Gasteiger partial charge in [-0.25, -0.2) is 0 Å². The van der Waals surface area contributed by atoms with Gasteiger partial charge in [0, 0.05) is 31.6 Å². The van der Waals surface area contributed by atoms with E-state index in [1.807, 2.05) is 4.90 Å². The summed E-state index contributed by atoms with van der Waals surface area (Å²) in [7, 11) is 0. The van der Waals surface area contributed by atoms with Crippen LogP contribution in [0, 0.1) is 5.92 Å². The number of nitrogens with one attached hydrogen (secondary N) is 1. The molecule has 152 valence electrons. The lowest BCUT2D eigenvalue weighted by atomic mass is 9.94. The van der Waals surface area contributed by atoms with Gasteiger partial charge in [-0.1, -0.05) is 0 Å². The van der Waals surface area contributed by atoms with E-state index in [1.54, 1.807) is 18.2 Å². The number of carboxylic acid groups (broad SMARTS) is 1. The van der Waals surface area contributed by atoms with E-state index in [2.05, 4.69) is 5.32 Å². The number of rotatable bonds is 4. The number of carboxylic acids is 1. The Morgan fingerprint density at radius 3 is 2.59 bits per heavy atom. The molecule has 2 N–H and O–H groups in total. The number of carbonyl (C=O) groups is 5. The van der Waals surface area contributed by atoms with Crippen LogP contribution < -0.4 is 10.2 Å². The number of carbonyl (C=O) groups excluding carboxylic acids is 4. The highest BCUT2D eigenvalue weighted by Crippen LogP contribution is 2.32. The van der Waals surface area contributed by atoms with Crippen molar-refractivity contribution in [1.82, 2.24) is 10.2 Å². The molecule has 2 saturated heterocycles. The van der Waals surface area contributed by atoms with Crippen LogP contribution in [0.1, 0.15) is 52.8 Å². The second-order valence-corrected chi connectivity index (χ2v) is 7.73. The van der Waals surface area contributed by atoms with E-state index in [4.69, 9.17) is 5.11 Å². The average molecular weight is 399 g/mol. The smallest absolute Gasteiger partial charge is 0.303 e. The van der Waals surface area contributed by atoms with Crippen molar-refractivity contribution >= 4 is 35.3 Å². The number of anilines is 1. The summed E-state index contributed by atoms with van der Waals surface area (Å²) in [5.74, 6) is -2.91. The maximum absolute atomic E-state index is 12.9. The fourth-order valence-electron chi connectivity index (χ4n) is 4.37. The van der Waals surface area contributed by atoms with Crippen LogP contribution in [0.4, 0.5) is 5.69 Å². The zero-order chi connectivity index (χ0) is 20.7. The molecule has 0 radical (unpaired) electrons. The zero-order valence-electron chi connectivity index (χ0n) is 15.7. The van der Waals surface area contributed by atoms with Crippen LogP contribution in [0.5, 0.6) is 0 Å². The first kappa shape index (κ1) is 19.1. The van der Waals surface area contributed by atoms with E-state index >= 15 is 0 Å². The Balaban J connectivity index is 1.56. The Labute approximate surface area is 166 Å². The zero-order valence-corrected chi connectivity index (χ0v) is 15.7. The Hall–Kier alpha value is -3.23. The fourth-order valence-corrected chi connectivity index (χ4v) is 4.37. The van der Waals surface area contributed by atoms with Crippen molar-refractivity contribution in [3.05, 3.63) is 29.3 Å². The first-order chi connectivity index (χ1) is 13.8. The van der Waals surface area contributed by atoms with Crippen LogP contribution in [0.15, 0.2) is 18.2 Å². The highest BCUT2D eigenvalue weighted by atomic mass is 16.4. The van der Waals surface area contributed by atoms with Gasteiger partial charge in [0.25, 0.3) is 11.8 Å². The summed E-state index contributed by atoms with van der Waals surface area (Å²) in [5, 5.41) is 11.2. The number of nitrogens with zero attached hydrogens (tertiary/aromatic N) is 2. The number of hydrogen-bond donors (Lipinski definition) is 2. The molecular formula is C20H21N3O6. The second-order valence-electron chi connectivity index (χ2n) is 7.73. The molecule has 9 heteroatoms. The molecule has 1 aromatic rings. The molecule has 0 saturated carbocycles. The summed E-state index contributed by atoms with van der Waals surface area (Å²) in [6, 6.07) is 3.99. The van der Waals surface area contributed by atoms with Crippen molar-refractivity contribution in [1.29, 1.82) is 0 Å². The monoisotopic (exact) mass is 399 g/mol. The maximum Gasteiger partial charge on any atom is 0.303 e. The van der Waals surface area contributed by atoms with Gasteiger partial charge in [-0.3, -0.25) is 34.2 Å². The summed E-state index contributed by atoms with van der Waals surface area (Å²) in [6.07, 6.45) is 1.99. The average Bonchev–Trinajstić information content (AvgIpc) is 2.92. The van der Waals surface area contributed by atoms with E-state index in [0.29, 0.717) is 6.54 Å². The van der Waals surface area contributed by atoms with Crippen molar-refractivity contribution in [3.63, 3.8) is 0 Å². The van der Waals surface area contributed by atoms with E-state index < -0.39 is 35.6 Å². The van der Waals surface area contributed by atoms with Gasteiger partial charge in [-0.15, -0.1) is 0 Å². The Morgan fingerprint density at radius 1 is 1.10 bits per heavy atom. The van der Waals surface area contributed by atoms with E-state index in [0.717, 1.165) is 30.0 Å². The minimum atomic E-state index is -0.988. The molecule has 4 rings (SSSR count). The molecule has 29 heavy (non-hydrogen) atoms. The lowest BCUT2D eigenvalue weighted by Crippen LogP contribution is -2.54. The molecule has 4 amide bonds. The quantitative estimate of drug-likeness (QED) is 0.717. The Bertz CT molecular complexity index is 927. The van der Waals surface area contributed by atoms with Gasteiger partial charge in [0.1, 0.15) is 6.04 Å². The number of imide groups is 2. The van der Waals surface area contributed by atoms with Gasteiger partial charge in [0.05, 0.1) is 11.1 Å².